The highest BCUT2D eigenvalue weighted by molar-refractivity contribution is 5.92. The van der Waals surface area contributed by atoms with E-state index < -0.39 is 0 Å². The molecule has 1 aliphatic rings. The summed E-state index contributed by atoms with van der Waals surface area (Å²) in [7, 11) is 0. The van der Waals surface area contributed by atoms with Gasteiger partial charge < -0.3 is 14.6 Å². The highest BCUT2D eigenvalue weighted by Crippen LogP contribution is 2.09. The molecule has 3 heterocycles. The molecule has 0 bridgehead atoms. The molecule has 3 rings (SSSR count). The van der Waals surface area contributed by atoms with Gasteiger partial charge in [0.15, 0.2) is 17.3 Å². The van der Waals surface area contributed by atoms with Crippen molar-refractivity contribution >= 4 is 5.91 Å². The van der Waals surface area contributed by atoms with E-state index in [2.05, 4.69) is 30.6 Å². The Morgan fingerprint density at radius 1 is 1.45 bits per heavy atom. The number of aromatic nitrogens is 4. The lowest BCUT2D eigenvalue weighted by molar-refractivity contribution is 0.0305. The monoisotopic (exact) mass is 306 g/mol. The number of hydrogen-bond donors (Lipinski definition) is 2. The average molecular weight is 306 g/mol. The predicted molar refractivity (Wildman–Crippen MR) is 74.9 cm³/mol. The molecule has 1 saturated heterocycles. The molecule has 2 aromatic heterocycles. The van der Waals surface area contributed by atoms with Gasteiger partial charge in [0.2, 0.25) is 0 Å². The van der Waals surface area contributed by atoms with Crippen LogP contribution >= 0.6 is 0 Å². The molecular weight excluding hydrogens is 288 g/mol. The van der Waals surface area contributed by atoms with Crippen LogP contribution < -0.4 is 5.32 Å². The molecular formula is C13H18N6O3. The maximum absolute atomic E-state index is 12.0. The Morgan fingerprint density at radius 3 is 3.00 bits per heavy atom. The van der Waals surface area contributed by atoms with Crippen LogP contribution in [0.2, 0.25) is 0 Å². The smallest absolute Gasteiger partial charge is 0.273 e. The molecule has 9 nitrogen and oxygen atoms in total. The van der Waals surface area contributed by atoms with E-state index in [1.165, 1.54) is 0 Å². The van der Waals surface area contributed by atoms with Crippen molar-refractivity contribution in [3.63, 3.8) is 0 Å². The Morgan fingerprint density at radius 2 is 2.27 bits per heavy atom. The fourth-order valence-electron chi connectivity index (χ4n) is 2.19. The van der Waals surface area contributed by atoms with Crippen molar-refractivity contribution in [2.75, 3.05) is 26.3 Å². The molecule has 1 fully saturated rings. The van der Waals surface area contributed by atoms with Crippen molar-refractivity contribution < 1.29 is 14.1 Å². The highest BCUT2D eigenvalue weighted by atomic mass is 16.5. The molecule has 0 unspecified atom stereocenters. The molecule has 0 saturated carbocycles. The van der Waals surface area contributed by atoms with Crippen LogP contribution in [0.15, 0.2) is 10.6 Å². The van der Waals surface area contributed by atoms with Crippen molar-refractivity contribution in [1.82, 2.24) is 30.6 Å². The Hall–Kier alpha value is -2.26. The zero-order valence-electron chi connectivity index (χ0n) is 12.3. The van der Waals surface area contributed by atoms with E-state index in [9.17, 15) is 4.79 Å². The van der Waals surface area contributed by atoms with E-state index in [0.717, 1.165) is 26.3 Å². The van der Waals surface area contributed by atoms with Gasteiger partial charge in [-0.1, -0.05) is 5.16 Å². The third kappa shape index (κ3) is 3.68. The van der Waals surface area contributed by atoms with Crippen LogP contribution in [0, 0.1) is 6.92 Å². The summed E-state index contributed by atoms with van der Waals surface area (Å²) >= 11 is 0. The molecule has 0 atom stereocenters. The lowest BCUT2D eigenvalue weighted by atomic mass is 10.3. The summed E-state index contributed by atoms with van der Waals surface area (Å²) in [4.78, 5) is 18.3. The minimum atomic E-state index is -0.306. The SMILES string of the molecule is Cc1nc(CNC(=O)c2cc(CN3CCOCC3)on2)n[nH]1. The van der Waals surface area contributed by atoms with E-state index in [1.807, 2.05) is 0 Å². The fraction of sp³-hybridized carbons (Fsp3) is 0.538. The maximum Gasteiger partial charge on any atom is 0.273 e. The number of aryl methyl sites for hydroxylation is 1. The standard InChI is InChI=1S/C13H18N6O3/c1-9-15-12(17-16-9)7-14-13(20)11-6-10(22-18-11)8-19-2-4-21-5-3-19/h6H,2-5,7-8H2,1H3,(H,14,20)(H,15,16,17). The van der Waals surface area contributed by atoms with Gasteiger partial charge in [0.1, 0.15) is 5.82 Å². The number of ether oxygens (including phenoxy) is 1. The summed E-state index contributed by atoms with van der Waals surface area (Å²) in [6.07, 6.45) is 0. The molecule has 0 aromatic carbocycles. The van der Waals surface area contributed by atoms with Crippen LogP contribution in [-0.2, 0) is 17.8 Å². The van der Waals surface area contributed by atoms with Crippen LogP contribution in [0.5, 0.6) is 0 Å². The first kappa shape index (κ1) is 14.7. The second kappa shape index (κ2) is 6.67. The van der Waals surface area contributed by atoms with Crippen LogP contribution in [0.3, 0.4) is 0 Å². The van der Waals surface area contributed by atoms with Gasteiger partial charge in [-0.2, -0.15) is 5.10 Å². The molecule has 1 amide bonds. The lowest BCUT2D eigenvalue weighted by Gasteiger charge is -2.25. The van der Waals surface area contributed by atoms with Gasteiger partial charge in [-0.25, -0.2) is 4.98 Å². The molecule has 1 aliphatic heterocycles. The number of morpholine rings is 1. The predicted octanol–water partition coefficient (Wildman–Crippen LogP) is -0.137. The summed E-state index contributed by atoms with van der Waals surface area (Å²) in [5.41, 5.74) is 0.260. The van der Waals surface area contributed by atoms with Gasteiger partial charge >= 0.3 is 0 Å². The van der Waals surface area contributed by atoms with Crippen LogP contribution in [-0.4, -0.2) is 57.4 Å². The van der Waals surface area contributed by atoms with Crippen molar-refractivity contribution in [2.45, 2.75) is 20.0 Å². The molecule has 22 heavy (non-hydrogen) atoms. The number of rotatable bonds is 5. The average Bonchev–Trinajstić information content (AvgIpc) is 3.15. The van der Waals surface area contributed by atoms with Gasteiger partial charge in [0.05, 0.1) is 26.3 Å². The van der Waals surface area contributed by atoms with E-state index in [-0.39, 0.29) is 18.1 Å². The molecule has 2 aromatic rings. The number of amides is 1. The number of carbonyl (C=O) groups is 1. The van der Waals surface area contributed by atoms with E-state index in [0.29, 0.717) is 24.0 Å². The summed E-state index contributed by atoms with van der Waals surface area (Å²) in [5, 5.41) is 13.2. The molecule has 9 heteroatoms. The summed E-state index contributed by atoms with van der Waals surface area (Å²) in [5.74, 6) is 1.60. The molecule has 118 valence electrons. The van der Waals surface area contributed by atoms with Gasteiger partial charge in [-0.05, 0) is 6.92 Å². The normalized spacial score (nSPS) is 15.9. The van der Waals surface area contributed by atoms with Crippen molar-refractivity contribution in [2.24, 2.45) is 0 Å². The van der Waals surface area contributed by atoms with Crippen molar-refractivity contribution in [3.05, 3.63) is 29.2 Å². The Bertz CT molecular complexity index is 631. The second-order valence-electron chi connectivity index (χ2n) is 5.09. The number of nitrogens with zero attached hydrogens (tertiary/aromatic N) is 4. The lowest BCUT2D eigenvalue weighted by Crippen LogP contribution is -2.35. The minimum Gasteiger partial charge on any atom is -0.379 e. The summed E-state index contributed by atoms with van der Waals surface area (Å²) in [6, 6.07) is 1.66. The third-order valence-corrected chi connectivity index (χ3v) is 3.33. The van der Waals surface area contributed by atoms with Crippen LogP contribution in [0.4, 0.5) is 0 Å². The first-order chi connectivity index (χ1) is 10.7. The zero-order valence-corrected chi connectivity index (χ0v) is 12.3. The molecule has 2 N–H and O–H groups in total. The number of nitrogens with one attached hydrogen (secondary N) is 2. The summed E-state index contributed by atoms with van der Waals surface area (Å²) in [6.45, 7) is 5.82. The molecule has 0 spiro atoms. The van der Waals surface area contributed by atoms with Gasteiger partial charge in [-0.15, -0.1) is 0 Å². The fourth-order valence-corrected chi connectivity index (χ4v) is 2.19. The first-order valence-corrected chi connectivity index (χ1v) is 7.12. The number of carbonyl (C=O) groups excluding carboxylic acids is 1. The maximum atomic E-state index is 12.0. The van der Waals surface area contributed by atoms with E-state index >= 15 is 0 Å². The Kier molecular flexibility index (Phi) is 4.45. The van der Waals surface area contributed by atoms with Gasteiger partial charge in [-0.3, -0.25) is 14.8 Å². The number of H-pyrrole nitrogens is 1. The molecule has 0 radical (unpaired) electrons. The molecule has 0 aliphatic carbocycles. The summed E-state index contributed by atoms with van der Waals surface area (Å²) < 4.78 is 10.5. The first-order valence-electron chi connectivity index (χ1n) is 7.12. The minimum absolute atomic E-state index is 0.245. The van der Waals surface area contributed by atoms with E-state index in [4.69, 9.17) is 9.26 Å². The Labute approximate surface area is 127 Å². The van der Waals surface area contributed by atoms with Gasteiger partial charge in [0.25, 0.3) is 5.91 Å². The van der Waals surface area contributed by atoms with Crippen LogP contribution in [0.1, 0.15) is 27.9 Å². The van der Waals surface area contributed by atoms with Gasteiger partial charge in [0, 0.05) is 19.2 Å². The van der Waals surface area contributed by atoms with E-state index in [1.54, 1.807) is 13.0 Å². The number of hydrogen-bond acceptors (Lipinski definition) is 7. The number of aromatic amines is 1. The van der Waals surface area contributed by atoms with Crippen molar-refractivity contribution in [1.29, 1.82) is 0 Å². The zero-order chi connectivity index (χ0) is 15.4. The quantitative estimate of drug-likeness (QED) is 0.791. The van der Waals surface area contributed by atoms with Crippen molar-refractivity contribution in [3.8, 4) is 0 Å². The second-order valence-corrected chi connectivity index (χ2v) is 5.09. The van der Waals surface area contributed by atoms with Crippen LogP contribution in [0.25, 0.3) is 0 Å². The third-order valence-electron chi connectivity index (χ3n) is 3.33. The largest absolute Gasteiger partial charge is 0.379 e. The topological polar surface area (TPSA) is 109 Å². The highest BCUT2D eigenvalue weighted by Gasteiger charge is 2.16. The Balaban J connectivity index is 1.52.